The summed E-state index contributed by atoms with van der Waals surface area (Å²) < 4.78 is 7.09. The van der Waals surface area contributed by atoms with Crippen LogP contribution in [0.4, 0.5) is 5.69 Å². The SMILES string of the molecule is COc1ccc(-n2c(C)nnc2SCC(=O)Nc2ccc(C(=O)NC(C)(C)C)cc2)cc1. The van der Waals surface area contributed by atoms with Gasteiger partial charge in [-0.2, -0.15) is 0 Å². The summed E-state index contributed by atoms with van der Waals surface area (Å²) in [6.45, 7) is 7.63. The lowest BCUT2D eigenvalue weighted by molar-refractivity contribution is -0.113. The van der Waals surface area contributed by atoms with E-state index < -0.39 is 0 Å². The summed E-state index contributed by atoms with van der Waals surface area (Å²) in [5.74, 6) is 1.32. The molecule has 0 atom stereocenters. The van der Waals surface area contributed by atoms with Crippen molar-refractivity contribution in [1.29, 1.82) is 0 Å². The van der Waals surface area contributed by atoms with Crippen molar-refractivity contribution in [3.8, 4) is 11.4 Å². The van der Waals surface area contributed by atoms with E-state index in [-0.39, 0.29) is 23.1 Å². The lowest BCUT2D eigenvalue weighted by Crippen LogP contribution is -2.40. The van der Waals surface area contributed by atoms with Gasteiger partial charge in [0.05, 0.1) is 12.9 Å². The lowest BCUT2D eigenvalue weighted by Gasteiger charge is -2.20. The molecule has 2 N–H and O–H groups in total. The van der Waals surface area contributed by atoms with Crippen LogP contribution in [-0.2, 0) is 4.79 Å². The molecular weight excluding hydrogens is 426 g/mol. The number of aromatic nitrogens is 3. The van der Waals surface area contributed by atoms with Gasteiger partial charge in [-0.1, -0.05) is 11.8 Å². The van der Waals surface area contributed by atoms with Crippen molar-refractivity contribution in [2.75, 3.05) is 18.2 Å². The molecule has 0 radical (unpaired) electrons. The maximum Gasteiger partial charge on any atom is 0.251 e. The maximum absolute atomic E-state index is 12.4. The Labute approximate surface area is 191 Å². The number of nitrogens with one attached hydrogen (secondary N) is 2. The standard InChI is InChI=1S/C23H27N5O3S/c1-15-26-27-22(28(15)18-10-12-19(31-5)13-11-18)32-14-20(29)24-17-8-6-16(7-9-17)21(30)25-23(2,3)4/h6-13H,14H2,1-5H3,(H,24,29)(H,25,30). The van der Waals surface area contributed by atoms with E-state index in [4.69, 9.17) is 4.74 Å². The predicted molar refractivity (Wildman–Crippen MR) is 126 cm³/mol. The fourth-order valence-electron chi connectivity index (χ4n) is 2.91. The zero-order valence-corrected chi connectivity index (χ0v) is 19.6. The van der Waals surface area contributed by atoms with Crippen molar-refractivity contribution in [3.05, 3.63) is 59.9 Å². The van der Waals surface area contributed by atoms with E-state index in [0.717, 1.165) is 17.3 Å². The molecule has 0 aliphatic heterocycles. The molecule has 9 heteroatoms. The van der Waals surface area contributed by atoms with Crippen LogP contribution in [0.25, 0.3) is 5.69 Å². The number of methoxy groups -OCH3 is 1. The average Bonchev–Trinajstić information content (AvgIpc) is 3.12. The molecule has 0 saturated heterocycles. The van der Waals surface area contributed by atoms with E-state index in [2.05, 4.69) is 20.8 Å². The minimum absolute atomic E-state index is 0.154. The number of carbonyl (C=O) groups excluding carboxylic acids is 2. The number of nitrogens with zero attached hydrogens (tertiary/aromatic N) is 3. The van der Waals surface area contributed by atoms with Crippen molar-refractivity contribution in [1.82, 2.24) is 20.1 Å². The van der Waals surface area contributed by atoms with Crippen LogP contribution >= 0.6 is 11.8 Å². The molecule has 3 rings (SSSR count). The summed E-state index contributed by atoms with van der Waals surface area (Å²) in [5.41, 5.74) is 1.73. The van der Waals surface area contributed by atoms with E-state index in [1.807, 2.05) is 56.5 Å². The molecule has 1 aromatic heterocycles. The van der Waals surface area contributed by atoms with Gasteiger partial charge in [-0.05, 0) is 76.2 Å². The number of carbonyl (C=O) groups is 2. The van der Waals surface area contributed by atoms with Gasteiger partial charge in [0.2, 0.25) is 5.91 Å². The first kappa shape index (κ1) is 23.3. The maximum atomic E-state index is 12.4. The number of rotatable bonds is 7. The van der Waals surface area contributed by atoms with E-state index >= 15 is 0 Å². The quantitative estimate of drug-likeness (QED) is 0.528. The molecule has 8 nitrogen and oxygen atoms in total. The second kappa shape index (κ2) is 9.86. The van der Waals surface area contributed by atoms with Gasteiger partial charge in [0.1, 0.15) is 11.6 Å². The summed E-state index contributed by atoms with van der Waals surface area (Å²) in [5, 5.41) is 14.7. The van der Waals surface area contributed by atoms with Crippen molar-refractivity contribution in [2.24, 2.45) is 0 Å². The molecule has 0 bridgehead atoms. The summed E-state index contributed by atoms with van der Waals surface area (Å²) in [4.78, 5) is 24.7. The number of ether oxygens (including phenoxy) is 1. The first-order valence-corrected chi connectivity index (χ1v) is 11.1. The van der Waals surface area contributed by atoms with Gasteiger partial charge < -0.3 is 15.4 Å². The topological polar surface area (TPSA) is 98.1 Å². The second-order valence-corrected chi connectivity index (χ2v) is 9.12. The van der Waals surface area contributed by atoms with Crippen LogP contribution in [0, 0.1) is 6.92 Å². The number of aryl methyl sites for hydroxylation is 1. The van der Waals surface area contributed by atoms with Crippen molar-refractivity contribution < 1.29 is 14.3 Å². The normalized spacial score (nSPS) is 11.2. The largest absolute Gasteiger partial charge is 0.497 e. The second-order valence-electron chi connectivity index (χ2n) is 8.18. The highest BCUT2D eigenvalue weighted by atomic mass is 32.2. The zero-order valence-electron chi connectivity index (χ0n) is 18.8. The molecule has 168 valence electrons. The third-order valence-electron chi connectivity index (χ3n) is 4.38. The highest BCUT2D eigenvalue weighted by Crippen LogP contribution is 2.23. The first-order chi connectivity index (χ1) is 15.2. The number of amides is 2. The fourth-order valence-corrected chi connectivity index (χ4v) is 3.71. The predicted octanol–water partition coefficient (Wildman–Crippen LogP) is 3.84. The van der Waals surface area contributed by atoms with E-state index in [1.165, 1.54) is 11.8 Å². The van der Waals surface area contributed by atoms with Crippen LogP contribution < -0.4 is 15.4 Å². The van der Waals surface area contributed by atoms with Gasteiger partial charge in [-0.3, -0.25) is 14.2 Å². The number of anilines is 1. The van der Waals surface area contributed by atoms with Gasteiger partial charge in [0.15, 0.2) is 5.16 Å². The molecule has 2 aromatic carbocycles. The number of hydrogen-bond donors (Lipinski definition) is 2. The van der Waals surface area contributed by atoms with Gasteiger partial charge in [-0.25, -0.2) is 0 Å². The van der Waals surface area contributed by atoms with Gasteiger partial charge >= 0.3 is 0 Å². The Kier molecular flexibility index (Phi) is 7.19. The Hall–Kier alpha value is -3.33. The molecule has 0 aliphatic carbocycles. The van der Waals surface area contributed by atoms with E-state index in [1.54, 1.807) is 31.4 Å². The lowest BCUT2D eigenvalue weighted by atomic mass is 10.1. The molecule has 0 saturated carbocycles. The summed E-state index contributed by atoms with van der Waals surface area (Å²) in [6, 6.07) is 14.4. The van der Waals surface area contributed by atoms with Crippen LogP contribution in [0.2, 0.25) is 0 Å². The Morgan fingerprint density at radius 2 is 1.69 bits per heavy atom. The number of thioether (sulfide) groups is 1. The molecular formula is C23H27N5O3S. The van der Waals surface area contributed by atoms with E-state index in [9.17, 15) is 9.59 Å². The first-order valence-electron chi connectivity index (χ1n) is 10.1. The molecule has 32 heavy (non-hydrogen) atoms. The molecule has 0 fully saturated rings. The van der Waals surface area contributed by atoms with Gasteiger partial charge in [-0.15, -0.1) is 10.2 Å². The Morgan fingerprint density at radius 3 is 2.28 bits per heavy atom. The van der Waals surface area contributed by atoms with Crippen LogP contribution in [-0.4, -0.2) is 45.0 Å². The average molecular weight is 454 g/mol. The summed E-state index contributed by atoms with van der Waals surface area (Å²) in [6.07, 6.45) is 0. The monoisotopic (exact) mass is 453 g/mol. The van der Waals surface area contributed by atoms with Crippen LogP contribution in [0.3, 0.4) is 0 Å². The van der Waals surface area contributed by atoms with Gasteiger partial charge in [0.25, 0.3) is 5.91 Å². The van der Waals surface area contributed by atoms with E-state index in [0.29, 0.717) is 16.4 Å². The minimum Gasteiger partial charge on any atom is -0.497 e. The highest BCUT2D eigenvalue weighted by molar-refractivity contribution is 7.99. The summed E-state index contributed by atoms with van der Waals surface area (Å²) in [7, 11) is 1.62. The van der Waals surface area contributed by atoms with Crippen LogP contribution in [0.5, 0.6) is 5.75 Å². The molecule has 0 unspecified atom stereocenters. The fraction of sp³-hybridized carbons (Fsp3) is 0.304. The number of hydrogen-bond acceptors (Lipinski definition) is 6. The Balaban J connectivity index is 1.60. The smallest absolute Gasteiger partial charge is 0.251 e. The molecule has 2 amide bonds. The van der Waals surface area contributed by atoms with Gasteiger partial charge in [0, 0.05) is 22.5 Å². The number of benzene rings is 2. The third-order valence-corrected chi connectivity index (χ3v) is 5.31. The Bertz CT molecular complexity index is 1090. The highest BCUT2D eigenvalue weighted by Gasteiger charge is 2.16. The van der Waals surface area contributed by atoms with Crippen molar-refractivity contribution in [3.63, 3.8) is 0 Å². The molecule has 0 aliphatic rings. The Morgan fingerprint density at radius 1 is 1.03 bits per heavy atom. The molecule has 3 aromatic rings. The minimum atomic E-state index is -0.314. The third kappa shape index (κ3) is 6.10. The molecule has 0 spiro atoms. The summed E-state index contributed by atoms with van der Waals surface area (Å²) >= 11 is 1.30. The van der Waals surface area contributed by atoms with Crippen LogP contribution in [0.1, 0.15) is 37.0 Å². The zero-order chi connectivity index (χ0) is 23.3. The molecule has 1 heterocycles. The van der Waals surface area contributed by atoms with Crippen molar-refractivity contribution in [2.45, 2.75) is 38.4 Å². The van der Waals surface area contributed by atoms with Crippen LogP contribution in [0.15, 0.2) is 53.7 Å². The van der Waals surface area contributed by atoms with Crippen molar-refractivity contribution >= 4 is 29.3 Å².